The molecule has 2 aliphatic rings. The lowest BCUT2D eigenvalue weighted by Crippen LogP contribution is -2.51. The summed E-state index contributed by atoms with van der Waals surface area (Å²) in [5.74, 6) is 0. The second-order valence-corrected chi connectivity index (χ2v) is 5.55. The molecular weight excluding hydrogens is 220 g/mol. The Bertz CT molecular complexity index is 266. The maximum Gasteiger partial charge on any atom is 0.146 e. The van der Waals surface area contributed by atoms with Crippen LogP contribution < -0.4 is 0 Å². The largest absolute Gasteiger partial charge is 0.376 e. The molecule has 100 valence electrons. The van der Waals surface area contributed by atoms with Crippen molar-refractivity contribution in [1.82, 2.24) is 0 Å². The van der Waals surface area contributed by atoms with Gasteiger partial charge in [-0.1, -0.05) is 0 Å². The third-order valence-electron chi connectivity index (χ3n) is 3.46. The van der Waals surface area contributed by atoms with Crippen LogP contribution in [-0.4, -0.2) is 49.3 Å². The van der Waals surface area contributed by atoms with Crippen molar-refractivity contribution in [1.29, 1.82) is 0 Å². The van der Waals surface area contributed by atoms with E-state index in [9.17, 15) is 0 Å². The van der Waals surface area contributed by atoms with Crippen LogP contribution in [0.5, 0.6) is 0 Å². The van der Waals surface area contributed by atoms with E-state index in [0.717, 1.165) is 0 Å². The summed E-state index contributed by atoms with van der Waals surface area (Å²) in [5.41, 5.74) is -0.417. The second kappa shape index (κ2) is 4.84. The van der Waals surface area contributed by atoms with E-state index < -0.39 is 5.60 Å². The minimum Gasteiger partial charge on any atom is -0.376 e. The molecule has 2 rings (SSSR count). The van der Waals surface area contributed by atoms with Crippen LogP contribution in [0.15, 0.2) is 0 Å². The van der Waals surface area contributed by atoms with Crippen LogP contribution in [-0.2, 0) is 18.9 Å². The van der Waals surface area contributed by atoms with E-state index in [2.05, 4.69) is 0 Å². The van der Waals surface area contributed by atoms with Crippen molar-refractivity contribution in [2.45, 2.75) is 70.7 Å². The molecule has 2 aliphatic heterocycles. The first-order chi connectivity index (χ1) is 7.95. The van der Waals surface area contributed by atoms with Crippen molar-refractivity contribution in [2.75, 3.05) is 13.2 Å². The van der Waals surface area contributed by atoms with Crippen LogP contribution >= 0.6 is 0 Å². The summed E-state index contributed by atoms with van der Waals surface area (Å²) in [6, 6.07) is 0. The van der Waals surface area contributed by atoms with Crippen molar-refractivity contribution in [3.63, 3.8) is 0 Å². The molecule has 0 aliphatic carbocycles. The van der Waals surface area contributed by atoms with Crippen LogP contribution in [0.25, 0.3) is 0 Å². The third kappa shape index (κ3) is 2.36. The molecule has 17 heavy (non-hydrogen) atoms. The SMILES string of the molecule is CC(C)OC[C@]12OC[C@H](O[C@H]1C)[C@@H]2OC(C)C. The van der Waals surface area contributed by atoms with Gasteiger partial charge in [0.1, 0.15) is 17.8 Å². The van der Waals surface area contributed by atoms with Gasteiger partial charge in [-0.25, -0.2) is 0 Å². The van der Waals surface area contributed by atoms with Crippen LogP contribution in [0.1, 0.15) is 34.6 Å². The summed E-state index contributed by atoms with van der Waals surface area (Å²) in [7, 11) is 0. The number of hydrogen-bond donors (Lipinski definition) is 0. The molecule has 0 spiro atoms. The summed E-state index contributed by atoms with van der Waals surface area (Å²) >= 11 is 0. The Morgan fingerprint density at radius 2 is 1.94 bits per heavy atom. The predicted molar refractivity (Wildman–Crippen MR) is 64.1 cm³/mol. The Hall–Kier alpha value is -0.160. The highest BCUT2D eigenvalue weighted by molar-refractivity contribution is 5.09. The highest BCUT2D eigenvalue weighted by Crippen LogP contribution is 2.43. The molecule has 2 heterocycles. The smallest absolute Gasteiger partial charge is 0.146 e. The normalized spacial score (nSPS) is 40.8. The van der Waals surface area contributed by atoms with Gasteiger partial charge in [-0.2, -0.15) is 0 Å². The van der Waals surface area contributed by atoms with E-state index in [0.29, 0.717) is 13.2 Å². The lowest BCUT2D eigenvalue weighted by molar-refractivity contribution is -0.180. The number of fused-ring (bicyclic) bond motifs is 2. The Labute approximate surface area is 104 Å². The molecule has 4 heteroatoms. The zero-order valence-corrected chi connectivity index (χ0v) is 11.4. The Morgan fingerprint density at radius 3 is 2.47 bits per heavy atom. The molecular formula is C13H24O4. The quantitative estimate of drug-likeness (QED) is 0.738. The van der Waals surface area contributed by atoms with Gasteiger partial charge >= 0.3 is 0 Å². The molecule has 0 amide bonds. The van der Waals surface area contributed by atoms with Crippen molar-refractivity contribution in [3.05, 3.63) is 0 Å². The molecule has 0 aromatic carbocycles. The Morgan fingerprint density at radius 1 is 1.24 bits per heavy atom. The summed E-state index contributed by atoms with van der Waals surface area (Å²) < 4.78 is 23.5. The highest BCUT2D eigenvalue weighted by Gasteiger charge is 2.62. The molecule has 0 aromatic heterocycles. The van der Waals surface area contributed by atoms with Gasteiger partial charge in [0.25, 0.3) is 0 Å². The zero-order valence-electron chi connectivity index (χ0n) is 11.4. The molecule has 0 aromatic rings. The molecule has 4 nitrogen and oxygen atoms in total. The van der Waals surface area contributed by atoms with Crippen LogP contribution in [0, 0.1) is 0 Å². The second-order valence-electron chi connectivity index (χ2n) is 5.55. The average molecular weight is 244 g/mol. The first-order valence-corrected chi connectivity index (χ1v) is 6.52. The van der Waals surface area contributed by atoms with Crippen LogP contribution in [0.2, 0.25) is 0 Å². The zero-order chi connectivity index (χ0) is 12.6. The standard InChI is InChI=1S/C13H24O4/c1-8(2)14-7-13-10(5)17-11(6-15-13)12(13)16-9(3)4/h8-12H,6-7H2,1-5H3/t10-,11-,12-,13-/m0/s1. The highest BCUT2D eigenvalue weighted by atomic mass is 16.7. The molecule has 0 radical (unpaired) electrons. The number of rotatable bonds is 5. The maximum atomic E-state index is 5.97. The molecule has 0 N–H and O–H groups in total. The van der Waals surface area contributed by atoms with Crippen LogP contribution in [0.4, 0.5) is 0 Å². The summed E-state index contributed by atoms with van der Waals surface area (Å²) in [4.78, 5) is 0. The first-order valence-electron chi connectivity index (χ1n) is 6.52. The lowest BCUT2D eigenvalue weighted by Gasteiger charge is -2.34. The maximum absolute atomic E-state index is 5.97. The fourth-order valence-electron chi connectivity index (χ4n) is 2.59. The van der Waals surface area contributed by atoms with E-state index in [1.54, 1.807) is 0 Å². The van der Waals surface area contributed by atoms with E-state index in [4.69, 9.17) is 18.9 Å². The summed E-state index contributed by atoms with van der Waals surface area (Å²) in [5, 5.41) is 0. The third-order valence-corrected chi connectivity index (χ3v) is 3.46. The monoisotopic (exact) mass is 244 g/mol. The average Bonchev–Trinajstić information content (AvgIpc) is 2.67. The van der Waals surface area contributed by atoms with Crippen LogP contribution in [0.3, 0.4) is 0 Å². The number of hydrogen-bond acceptors (Lipinski definition) is 4. The molecule has 4 atom stereocenters. The van der Waals surface area contributed by atoms with Gasteiger partial charge in [-0.05, 0) is 34.6 Å². The fraction of sp³-hybridized carbons (Fsp3) is 1.00. The van der Waals surface area contributed by atoms with E-state index in [1.165, 1.54) is 0 Å². The van der Waals surface area contributed by atoms with Crippen molar-refractivity contribution >= 4 is 0 Å². The van der Waals surface area contributed by atoms with Gasteiger partial charge in [0, 0.05) is 0 Å². The van der Waals surface area contributed by atoms with E-state index in [1.807, 2.05) is 34.6 Å². The van der Waals surface area contributed by atoms with E-state index >= 15 is 0 Å². The molecule has 0 saturated carbocycles. The predicted octanol–water partition coefficient (Wildman–Crippen LogP) is 1.76. The van der Waals surface area contributed by atoms with Gasteiger partial charge < -0.3 is 18.9 Å². The van der Waals surface area contributed by atoms with Gasteiger partial charge in [-0.15, -0.1) is 0 Å². The topological polar surface area (TPSA) is 36.9 Å². The Kier molecular flexibility index (Phi) is 3.78. The minimum absolute atomic E-state index is 0.00347. The Balaban J connectivity index is 2.09. The van der Waals surface area contributed by atoms with Gasteiger partial charge in [0.05, 0.1) is 31.5 Å². The van der Waals surface area contributed by atoms with Crippen molar-refractivity contribution < 1.29 is 18.9 Å². The van der Waals surface area contributed by atoms with Crippen molar-refractivity contribution in [3.8, 4) is 0 Å². The molecule has 2 saturated heterocycles. The van der Waals surface area contributed by atoms with Gasteiger partial charge in [0.15, 0.2) is 0 Å². The lowest BCUT2D eigenvalue weighted by atomic mass is 9.94. The molecule has 0 unspecified atom stereocenters. The minimum atomic E-state index is -0.417. The fourth-order valence-corrected chi connectivity index (χ4v) is 2.59. The van der Waals surface area contributed by atoms with Crippen molar-refractivity contribution in [2.24, 2.45) is 0 Å². The molecule has 2 fully saturated rings. The van der Waals surface area contributed by atoms with Gasteiger partial charge in [0.2, 0.25) is 0 Å². The van der Waals surface area contributed by atoms with E-state index in [-0.39, 0.29) is 30.5 Å². The summed E-state index contributed by atoms with van der Waals surface area (Å²) in [6.45, 7) is 11.3. The summed E-state index contributed by atoms with van der Waals surface area (Å²) in [6.07, 6.45) is 0.458. The molecule has 2 bridgehead atoms. The number of ether oxygens (including phenoxy) is 4. The first kappa shape index (κ1) is 13.3. The van der Waals surface area contributed by atoms with Gasteiger partial charge in [-0.3, -0.25) is 0 Å².